The highest BCUT2D eigenvalue weighted by Gasteiger charge is 2.33. The summed E-state index contributed by atoms with van der Waals surface area (Å²) in [5.74, 6) is 0. The van der Waals surface area contributed by atoms with Gasteiger partial charge in [0.05, 0.1) is 18.3 Å². The summed E-state index contributed by atoms with van der Waals surface area (Å²) in [5.41, 5.74) is 2.15. The van der Waals surface area contributed by atoms with Crippen LogP contribution in [-0.4, -0.2) is 30.4 Å². The van der Waals surface area contributed by atoms with Crippen LogP contribution in [0.4, 0.5) is 5.69 Å². The highest BCUT2D eigenvalue weighted by Crippen LogP contribution is 2.33. The van der Waals surface area contributed by atoms with Gasteiger partial charge in [-0.2, -0.15) is 0 Å². The van der Waals surface area contributed by atoms with Gasteiger partial charge in [0.25, 0.3) is 0 Å². The second-order valence-electron chi connectivity index (χ2n) is 5.24. The van der Waals surface area contributed by atoms with Gasteiger partial charge in [0.1, 0.15) is 0 Å². The molecular weight excluding hydrogens is 294 g/mol. The minimum absolute atomic E-state index is 0.402. The molecule has 98 valence electrons. The number of rotatable bonds is 2. The van der Waals surface area contributed by atoms with Gasteiger partial charge in [0.15, 0.2) is 0 Å². The van der Waals surface area contributed by atoms with Crippen LogP contribution < -0.4 is 4.90 Å². The molecule has 3 nitrogen and oxygen atoms in total. The van der Waals surface area contributed by atoms with Crippen molar-refractivity contribution in [3.63, 3.8) is 0 Å². The number of fused-ring (bicyclic) bond motifs is 2. The number of halogens is 1. The van der Waals surface area contributed by atoms with Crippen molar-refractivity contribution in [1.82, 2.24) is 0 Å². The molecule has 3 rings (SSSR count). The molecule has 2 unspecified atom stereocenters. The summed E-state index contributed by atoms with van der Waals surface area (Å²) in [5, 5.41) is 9.64. The van der Waals surface area contributed by atoms with Crippen LogP contribution in [0, 0.1) is 0 Å². The van der Waals surface area contributed by atoms with Crippen LogP contribution >= 0.6 is 15.9 Å². The third-order valence-corrected chi connectivity index (χ3v) is 4.53. The van der Waals surface area contributed by atoms with Crippen molar-refractivity contribution < 1.29 is 9.84 Å². The summed E-state index contributed by atoms with van der Waals surface area (Å²) in [6.45, 7) is 3.75. The van der Waals surface area contributed by atoms with Crippen molar-refractivity contribution in [2.24, 2.45) is 0 Å². The maximum atomic E-state index is 9.64. The van der Waals surface area contributed by atoms with E-state index < -0.39 is 6.10 Å². The lowest BCUT2D eigenvalue weighted by molar-refractivity contribution is 0.0305. The first-order chi connectivity index (χ1) is 8.63. The summed E-state index contributed by atoms with van der Waals surface area (Å²) >= 11 is 3.54. The predicted molar refractivity (Wildman–Crippen MR) is 74.9 cm³/mol. The Hall–Kier alpha value is -0.580. The summed E-state index contributed by atoms with van der Waals surface area (Å²) in [6.07, 6.45) is 2.74. The fourth-order valence-corrected chi connectivity index (χ4v) is 3.58. The summed E-state index contributed by atoms with van der Waals surface area (Å²) < 4.78 is 6.83. The monoisotopic (exact) mass is 311 g/mol. The molecule has 2 saturated heterocycles. The second kappa shape index (κ2) is 4.83. The molecule has 4 heteroatoms. The van der Waals surface area contributed by atoms with E-state index in [2.05, 4.69) is 33.0 Å². The smallest absolute Gasteiger partial charge is 0.0772 e. The van der Waals surface area contributed by atoms with E-state index in [1.807, 2.05) is 6.07 Å². The first kappa shape index (κ1) is 12.5. The van der Waals surface area contributed by atoms with Crippen LogP contribution in [0.5, 0.6) is 0 Å². The van der Waals surface area contributed by atoms with Gasteiger partial charge in [-0.15, -0.1) is 0 Å². The molecule has 2 aliphatic rings. The maximum Gasteiger partial charge on any atom is 0.0772 e. The molecule has 0 saturated carbocycles. The van der Waals surface area contributed by atoms with Crippen LogP contribution in [0.2, 0.25) is 0 Å². The third kappa shape index (κ3) is 2.29. The van der Waals surface area contributed by atoms with Gasteiger partial charge >= 0.3 is 0 Å². The Morgan fingerprint density at radius 2 is 2.00 bits per heavy atom. The van der Waals surface area contributed by atoms with Crippen LogP contribution in [0.25, 0.3) is 0 Å². The first-order valence-corrected chi connectivity index (χ1v) is 7.30. The van der Waals surface area contributed by atoms with Crippen molar-refractivity contribution in [3.05, 3.63) is 28.2 Å². The normalized spacial score (nSPS) is 28.5. The summed E-state index contributed by atoms with van der Waals surface area (Å²) in [4.78, 5) is 2.39. The molecule has 0 radical (unpaired) electrons. The molecule has 0 aromatic heterocycles. The topological polar surface area (TPSA) is 32.7 Å². The Morgan fingerprint density at radius 3 is 2.56 bits per heavy atom. The number of aliphatic hydroxyl groups excluding tert-OH is 1. The SMILES string of the molecule is C[C@H](O)c1ccc(N2CC3CCC(C2)O3)cc1Br. The molecule has 1 aromatic rings. The molecule has 2 aliphatic heterocycles. The lowest BCUT2D eigenvalue weighted by Crippen LogP contribution is -2.42. The largest absolute Gasteiger partial charge is 0.389 e. The zero-order valence-corrected chi connectivity index (χ0v) is 12.1. The molecule has 1 aromatic carbocycles. The van der Waals surface area contributed by atoms with E-state index in [0.717, 1.165) is 23.1 Å². The van der Waals surface area contributed by atoms with Gasteiger partial charge in [-0.25, -0.2) is 0 Å². The number of aliphatic hydroxyl groups is 1. The zero-order valence-electron chi connectivity index (χ0n) is 10.5. The molecule has 2 heterocycles. The van der Waals surface area contributed by atoms with E-state index in [-0.39, 0.29) is 0 Å². The van der Waals surface area contributed by atoms with Crippen LogP contribution in [-0.2, 0) is 4.74 Å². The average Bonchev–Trinajstić information content (AvgIpc) is 2.67. The number of hydrogen-bond acceptors (Lipinski definition) is 3. The fraction of sp³-hybridized carbons (Fsp3) is 0.571. The minimum atomic E-state index is -0.436. The van der Waals surface area contributed by atoms with E-state index >= 15 is 0 Å². The van der Waals surface area contributed by atoms with Gasteiger partial charge < -0.3 is 14.7 Å². The van der Waals surface area contributed by atoms with Crippen molar-refractivity contribution in [2.75, 3.05) is 18.0 Å². The van der Waals surface area contributed by atoms with Gasteiger partial charge in [0.2, 0.25) is 0 Å². The van der Waals surface area contributed by atoms with E-state index in [1.165, 1.54) is 18.5 Å². The molecule has 0 amide bonds. The van der Waals surface area contributed by atoms with E-state index in [0.29, 0.717) is 12.2 Å². The fourth-order valence-electron chi connectivity index (χ4n) is 2.88. The zero-order chi connectivity index (χ0) is 12.7. The quantitative estimate of drug-likeness (QED) is 0.911. The Kier molecular flexibility index (Phi) is 3.34. The lowest BCUT2D eigenvalue weighted by Gasteiger charge is -2.34. The molecule has 0 aliphatic carbocycles. The standard InChI is InChI=1S/C14H18BrNO2/c1-9(17)13-5-2-10(6-14(13)15)16-7-11-3-4-12(8-16)18-11/h2,5-6,9,11-12,17H,3-4,7-8H2,1H3/t9-,11?,12?/m0/s1. The number of anilines is 1. The van der Waals surface area contributed by atoms with E-state index in [9.17, 15) is 5.11 Å². The highest BCUT2D eigenvalue weighted by atomic mass is 79.9. The Labute approximate surface area is 116 Å². The second-order valence-corrected chi connectivity index (χ2v) is 6.10. The van der Waals surface area contributed by atoms with E-state index in [4.69, 9.17) is 4.74 Å². The molecule has 0 spiro atoms. The van der Waals surface area contributed by atoms with Crippen molar-refractivity contribution in [3.8, 4) is 0 Å². The average molecular weight is 312 g/mol. The third-order valence-electron chi connectivity index (χ3n) is 3.84. The molecule has 2 bridgehead atoms. The molecule has 3 atom stereocenters. The van der Waals surface area contributed by atoms with E-state index in [1.54, 1.807) is 6.92 Å². The van der Waals surface area contributed by atoms with Gasteiger partial charge in [0, 0.05) is 23.2 Å². The number of nitrogens with zero attached hydrogens (tertiary/aromatic N) is 1. The van der Waals surface area contributed by atoms with Gasteiger partial charge in [-0.3, -0.25) is 0 Å². The Bertz CT molecular complexity index is 437. The molecule has 1 N–H and O–H groups in total. The van der Waals surface area contributed by atoms with Crippen LogP contribution in [0.3, 0.4) is 0 Å². The number of hydrogen-bond donors (Lipinski definition) is 1. The van der Waals surface area contributed by atoms with Gasteiger partial charge in [-0.1, -0.05) is 22.0 Å². The minimum Gasteiger partial charge on any atom is -0.389 e. The number of morpholine rings is 1. The lowest BCUT2D eigenvalue weighted by atomic mass is 10.1. The Morgan fingerprint density at radius 1 is 1.33 bits per heavy atom. The van der Waals surface area contributed by atoms with Crippen molar-refractivity contribution in [2.45, 2.75) is 38.1 Å². The molecular formula is C14H18BrNO2. The molecule has 18 heavy (non-hydrogen) atoms. The number of ether oxygens (including phenoxy) is 1. The van der Waals surface area contributed by atoms with Crippen LogP contribution in [0.1, 0.15) is 31.4 Å². The van der Waals surface area contributed by atoms with Crippen molar-refractivity contribution in [1.29, 1.82) is 0 Å². The molecule has 2 fully saturated rings. The Balaban J connectivity index is 1.82. The maximum absolute atomic E-state index is 9.64. The van der Waals surface area contributed by atoms with Gasteiger partial charge in [-0.05, 0) is 37.5 Å². The predicted octanol–water partition coefficient (Wildman–Crippen LogP) is 2.87. The summed E-state index contributed by atoms with van der Waals surface area (Å²) in [7, 11) is 0. The first-order valence-electron chi connectivity index (χ1n) is 6.51. The highest BCUT2D eigenvalue weighted by molar-refractivity contribution is 9.10. The number of benzene rings is 1. The van der Waals surface area contributed by atoms with Crippen LogP contribution in [0.15, 0.2) is 22.7 Å². The summed E-state index contributed by atoms with van der Waals surface area (Å²) in [6, 6.07) is 6.20. The van der Waals surface area contributed by atoms with Crippen molar-refractivity contribution >= 4 is 21.6 Å².